The highest BCUT2D eigenvalue weighted by Gasteiger charge is 2.22. The molecule has 1 fully saturated rings. The van der Waals surface area contributed by atoms with Crippen LogP contribution < -0.4 is 26.7 Å². The number of nitrogens with two attached hydrogens (primary N) is 1. The molecule has 1 atom stereocenters. The number of ketones is 1. The quantitative estimate of drug-likeness (QED) is 0.321. The van der Waals surface area contributed by atoms with Crippen LogP contribution in [0.2, 0.25) is 0 Å². The van der Waals surface area contributed by atoms with Crippen molar-refractivity contribution in [2.45, 2.75) is 12.5 Å². The standard InChI is InChI=1S/C15H12FNO4.C10H13N3O2/c1-21-11-7-6-10(18)12(13(11)16)14(19)8-2-4-9(5-3-8)15(17)20;14-9-5-7(1-4-12-9)10(15)13-8-2-3-11-6-8/h2-7,18H,1H3,(H2,17,20);1,4-5,8,11H,2-3,6H2,(H,12,14)(H,13,15)/t;8-/m.0/s1. The largest absolute Gasteiger partial charge is 0.507 e. The number of phenols is 1. The van der Waals surface area contributed by atoms with Crippen molar-refractivity contribution in [2.75, 3.05) is 20.2 Å². The fourth-order valence-corrected chi connectivity index (χ4v) is 3.48. The third-order valence-corrected chi connectivity index (χ3v) is 5.40. The van der Waals surface area contributed by atoms with Crippen molar-refractivity contribution in [3.63, 3.8) is 0 Å². The predicted molar refractivity (Wildman–Crippen MR) is 129 cm³/mol. The Morgan fingerprint density at radius 3 is 2.36 bits per heavy atom. The monoisotopic (exact) mass is 496 g/mol. The molecular formula is C25H25FN4O6. The van der Waals surface area contributed by atoms with E-state index in [4.69, 9.17) is 10.5 Å². The summed E-state index contributed by atoms with van der Waals surface area (Å²) in [5, 5.41) is 15.7. The molecule has 10 nitrogen and oxygen atoms in total. The van der Waals surface area contributed by atoms with Crippen molar-refractivity contribution in [2.24, 2.45) is 5.73 Å². The number of aromatic amines is 1. The third kappa shape index (κ3) is 6.33. The van der Waals surface area contributed by atoms with Gasteiger partial charge in [-0.15, -0.1) is 0 Å². The number of hydrogen-bond acceptors (Lipinski definition) is 7. The summed E-state index contributed by atoms with van der Waals surface area (Å²) in [6.45, 7) is 1.73. The molecule has 0 saturated carbocycles. The number of carbonyl (C=O) groups is 3. The van der Waals surface area contributed by atoms with Crippen LogP contribution in [-0.4, -0.2) is 53.9 Å². The molecule has 2 heterocycles. The highest BCUT2D eigenvalue weighted by Crippen LogP contribution is 2.30. The van der Waals surface area contributed by atoms with E-state index in [0.717, 1.165) is 19.5 Å². The molecule has 2 amide bonds. The number of halogens is 1. The fraction of sp³-hybridized carbons (Fsp3) is 0.200. The van der Waals surface area contributed by atoms with Crippen LogP contribution >= 0.6 is 0 Å². The van der Waals surface area contributed by atoms with E-state index in [1.165, 1.54) is 55.8 Å². The number of rotatable bonds is 6. The lowest BCUT2D eigenvalue weighted by Gasteiger charge is -2.10. The first-order chi connectivity index (χ1) is 17.2. The normalized spacial score (nSPS) is 14.3. The Morgan fingerprint density at radius 1 is 1.08 bits per heavy atom. The van der Waals surface area contributed by atoms with Crippen LogP contribution in [0.1, 0.15) is 43.1 Å². The third-order valence-electron chi connectivity index (χ3n) is 5.40. The molecule has 1 aliphatic heterocycles. The van der Waals surface area contributed by atoms with Crippen molar-refractivity contribution < 1.29 is 28.6 Å². The SMILES string of the molecule is COc1ccc(O)c(C(=O)c2ccc(C(N)=O)cc2)c1F.O=C(N[C@H]1CCNC1)c1cc[nH]c(=O)c1. The Morgan fingerprint density at radius 2 is 1.78 bits per heavy atom. The molecule has 11 heteroatoms. The molecule has 1 aromatic heterocycles. The van der Waals surface area contributed by atoms with Crippen molar-refractivity contribution >= 4 is 17.6 Å². The number of carbonyl (C=O) groups excluding carboxylic acids is 3. The van der Waals surface area contributed by atoms with Crippen LogP contribution in [-0.2, 0) is 0 Å². The van der Waals surface area contributed by atoms with Crippen LogP contribution in [0.15, 0.2) is 59.5 Å². The molecule has 0 spiro atoms. The van der Waals surface area contributed by atoms with E-state index >= 15 is 0 Å². The minimum Gasteiger partial charge on any atom is -0.507 e. The van der Waals surface area contributed by atoms with Gasteiger partial charge in [0.1, 0.15) is 11.3 Å². The van der Waals surface area contributed by atoms with E-state index < -0.39 is 28.8 Å². The van der Waals surface area contributed by atoms with Crippen LogP contribution in [0.25, 0.3) is 0 Å². The number of phenolic OH excluding ortho intramolecular Hbond substituents is 1. The second-order valence-electron chi connectivity index (χ2n) is 7.85. The highest BCUT2D eigenvalue weighted by atomic mass is 19.1. The van der Waals surface area contributed by atoms with Gasteiger partial charge in [-0.05, 0) is 43.3 Å². The summed E-state index contributed by atoms with van der Waals surface area (Å²) in [6.07, 6.45) is 2.42. The maximum Gasteiger partial charge on any atom is 0.251 e. The molecule has 36 heavy (non-hydrogen) atoms. The molecule has 0 unspecified atom stereocenters. The van der Waals surface area contributed by atoms with Crippen molar-refractivity contribution in [1.82, 2.24) is 15.6 Å². The molecule has 0 bridgehead atoms. The van der Waals surface area contributed by atoms with E-state index in [1.54, 1.807) is 6.07 Å². The number of pyridine rings is 1. The first-order valence-electron chi connectivity index (χ1n) is 10.9. The van der Waals surface area contributed by atoms with E-state index in [2.05, 4.69) is 15.6 Å². The maximum atomic E-state index is 14.1. The zero-order chi connectivity index (χ0) is 26.2. The van der Waals surface area contributed by atoms with Crippen molar-refractivity contribution in [3.8, 4) is 11.5 Å². The lowest BCUT2D eigenvalue weighted by atomic mass is 10.00. The average molecular weight is 496 g/mol. The zero-order valence-corrected chi connectivity index (χ0v) is 19.3. The van der Waals surface area contributed by atoms with Gasteiger partial charge in [-0.3, -0.25) is 19.2 Å². The number of nitrogens with one attached hydrogen (secondary N) is 3. The molecule has 1 saturated heterocycles. The summed E-state index contributed by atoms with van der Waals surface area (Å²) in [5.41, 5.74) is 5.10. The van der Waals surface area contributed by atoms with Gasteiger partial charge in [0.05, 0.1) is 7.11 Å². The Labute approximate surface area is 205 Å². The minimum atomic E-state index is -0.943. The number of methoxy groups -OCH3 is 1. The van der Waals surface area contributed by atoms with Gasteiger partial charge in [-0.1, -0.05) is 12.1 Å². The van der Waals surface area contributed by atoms with Gasteiger partial charge in [0, 0.05) is 41.5 Å². The average Bonchev–Trinajstić information content (AvgIpc) is 3.37. The summed E-state index contributed by atoms with van der Waals surface area (Å²) < 4.78 is 18.9. The van der Waals surface area contributed by atoms with Gasteiger partial charge in [0.2, 0.25) is 11.5 Å². The Hall–Kier alpha value is -4.51. The first kappa shape index (κ1) is 26.1. The van der Waals surface area contributed by atoms with Crippen LogP contribution in [0.4, 0.5) is 4.39 Å². The van der Waals surface area contributed by atoms with Gasteiger partial charge < -0.3 is 31.2 Å². The first-order valence-corrected chi connectivity index (χ1v) is 10.9. The Kier molecular flexibility index (Phi) is 8.52. The molecule has 6 N–H and O–H groups in total. The van der Waals surface area contributed by atoms with Gasteiger partial charge in [0.25, 0.3) is 5.91 Å². The number of H-pyrrole nitrogens is 1. The topological polar surface area (TPSA) is 164 Å². The van der Waals surface area contributed by atoms with Crippen LogP contribution in [0.3, 0.4) is 0 Å². The van der Waals surface area contributed by atoms with E-state index in [1.807, 2.05) is 0 Å². The molecular weight excluding hydrogens is 471 g/mol. The minimum absolute atomic E-state index is 0.113. The predicted octanol–water partition coefficient (Wildman–Crippen LogP) is 1.34. The molecule has 2 aromatic carbocycles. The lowest BCUT2D eigenvalue weighted by Crippen LogP contribution is -2.36. The number of primary amides is 1. The molecule has 0 radical (unpaired) electrons. The second-order valence-corrected chi connectivity index (χ2v) is 7.85. The van der Waals surface area contributed by atoms with Crippen molar-refractivity contribution in [1.29, 1.82) is 0 Å². The van der Waals surface area contributed by atoms with Gasteiger partial charge in [-0.2, -0.15) is 0 Å². The van der Waals surface area contributed by atoms with E-state index in [9.17, 15) is 28.7 Å². The Bertz CT molecular complexity index is 1320. The van der Waals surface area contributed by atoms with Gasteiger partial charge in [0.15, 0.2) is 17.3 Å². The van der Waals surface area contributed by atoms with Crippen LogP contribution in [0.5, 0.6) is 11.5 Å². The highest BCUT2D eigenvalue weighted by molar-refractivity contribution is 6.11. The number of ether oxygens (including phenoxy) is 1. The Balaban J connectivity index is 0.000000212. The number of hydrogen-bond donors (Lipinski definition) is 5. The molecule has 188 valence electrons. The molecule has 3 aromatic rings. The number of aromatic hydroxyl groups is 1. The van der Waals surface area contributed by atoms with Gasteiger partial charge >= 0.3 is 0 Å². The van der Waals surface area contributed by atoms with E-state index in [0.29, 0.717) is 5.56 Å². The number of benzene rings is 2. The second kappa shape index (κ2) is 11.8. The van der Waals surface area contributed by atoms with Gasteiger partial charge in [-0.25, -0.2) is 4.39 Å². The summed E-state index contributed by atoms with van der Waals surface area (Å²) in [6, 6.07) is 10.8. The smallest absolute Gasteiger partial charge is 0.251 e. The zero-order valence-electron chi connectivity index (χ0n) is 19.3. The lowest BCUT2D eigenvalue weighted by molar-refractivity contribution is 0.0938. The molecule has 0 aliphatic carbocycles. The summed E-state index contributed by atoms with van der Waals surface area (Å²) >= 11 is 0. The fourth-order valence-electron chi connectivity index (χ4n) is 3.48. The summed E-state index contributed by atoms with van der Waals surface area (Å²) in [4.78, 5) is 48.3. The van der Waals surface area contributed by atoms with Crippen LogP contribution in [0, 0.1) is 5.82 Å². The van der Waals surface area contributed by atoms with E-state index in [-0.39, 0.29) is 34.4 Å². The maximum absolute atomic E-state index is 14.1. The number of amides is 2. The molecule has 1 aliphatic rings. The summed E-state index contributed by atoms with van der Waals surface area (Å²) in [7, 11) is 1.26. The summed E-state index contributed by atoms with van der Waals surface area (Å²) in [5.74, 6) is -3.12. The molecule has 4 rings (SSSR count). The number of aromatic nitrogens is 1. The van der Waals surface area contributed by atoms with Crippen molar-refractivity contribution in [3.05, 3.63) is 93.2 Å².